The molecule has 0 atom stereocenters. The fourth-order valence-electron chi connectivity index (χ4n) is 2.58. The number of hydrogen-bond acceptors (Lipinski definition) is 4. The van der Waals surface area contributed by atoms with Crippen LogP contribution in [-0.2, 0) is 19.5 Å². The van der Waals surface area contributed by atoms with E-state index >= 15 is 0 Å². The van der Waals surface area contributed by atoms with Gasteiger partial charge in [-0.1, -0.05) is 6.92 Å². The molecule has 0 radical (unpaired) electrons. The van der Waals surface area contributed by atoms with Crippen molar-refractivity contribution in [3.05, 3.63) is 30.0 Å². The number of aryl methyl sites for hydroxylation is 3. The molecule has 1 aliphatic heterocycles. The average Bonchev–Trinajstić information content (AvgIpc) is 3.17. The van der Waals surface area contributed by atoms with Gasteiger partial charge in [-0.15, -0.1) is 0 Å². The molecular formula is C15H21N5O2. The number of aromatic nitrogens is 4. The van der Waals surface area contributed by atoms with E-state index in [-0.39, 0.29) is 5.91 Å². The van der Waals surface area contributed by atoms with Crippen molar-refractivity contribution >= 4 is 5.91 Å². The van der Waals surface area contributed by atoms with E-state index in [9.17, 15) is 4.79 Å². The summed E-state index contributed by atoms with van der Waals surface area (Å²) in [6, 6.07) is 1.71. The maximum Gasteiger partial charge on any atom is 0.271 e. The van der Waals surface area contributed by atoms with E-state index in [1.165, 1.54) is 0 Å². The molecule has 0 saturated carbocycles. The molecule has 0 aliphatic carbocycles. The van der Waals surface area contributed by atoms with Gasteiger partial charge < -0.3 is 14.6 Å². The summed E-state index contributed by atoms with van der Waals surface area (Å²) in [5, 5.41) is 7.18. The number of rotatable bonds is 6. The van der Waals surface area contributed by atoms with Gasteiger partial charge in [0, 0.05) is 50.9 Å². The lowest BCUT2D eigenvalue weighted by Crippen LogP contribution is -2.26. The summed E-state index contributed by atoms with van der Waals surface area (Å²) >= 11 is 0. The number of nitrogens with one attached hydrogen (secondary N) is 1. The molecular weight excluding hydrogens is 282 g/mol. The van der Waals surface area contributed by atoms with Crippen LogP contribution in [0.1, 0.15) is 36.1 Å². The summed E-state index contributed by atoms with van der Waals surface area (Å²) in [6.45, 7) is 5.05. The largest absolute Gasteiger partial charge is 0.478 e. The first-order chi connectivity index (χ1) is 10.8. The van der Waals surface area contributed by atoms with E-state index in [1.54, 1.807) is 10.7 Å². The van der Waals surface area contributed by atoms with E-state index < -0.39 is 0 Å². The second-order valence-corrected chi connectivity index (χ2v) is 5.29. The molecule has 3 heterocycles. The van der Waals surface area contributed by atoms with Crippen molar-refractivity contribution in [1.82, 2.24) is 24.6 Å². The van der Waals surface area contributed by atoms with Crippen molar-refractivity contribution in [3.63, 3.8) is 0 Å². The number of fused-ring (bicyclic) bond motifs is 1. The van der Waals surface area contributed by atoms with Crippen molar-refractivity contribution in [1.29, 1.82) is 0 Å². The Morgan fingerprint density at radius 1 is 1.50 bits per heavy atom. The second kappa shape index (κ2) is 6.64. The van der Waals surface area contributed by atoms with Crippen LogP contribution in [0.4, 0.5) is 0 Å². The van der Waals surface area contributed by atoms with Gasteiger partial charge in [0.1, 0.15) is 5.82 Å². The highest BCUT2D eigenvalue weighted by atomic mass is 16.5. The van der Waals surface area contributed by atoms with Crippen LogP contribution in [0.2, 0.25) is 0 Å². The predicted octanol–water partition coefficient (Wildman–Crippen LogP) is 1.24. The Balaban J connectivity index is 1.47. The second-order valence-electron chi connectivity index (χ2n) is 5.29. The number of ether oxygens (including phenoxy) is 1. The zero-order valence-electron chi connectivity index (χ0n) is 12.8. The normalized spacial score (nSPS) is 13.5. The molecule has 22 heavy (non-hydrogen) atoms. The van der Waals surface area contributed by atoms with Crippen molar-refractivity contribution < 1.29 is 9.53 Å². The van der Waals surface area contributed by atoms with Crippen LogP contribution in [0.3, 0.4) is 0 Å². The first kappa shape index (κ1) is 14.6. The highest BCUT2D eigenvalue weighted by molar-refractivity contribution is 5.92. The molecule has 1 N–H and O–H groups in total. The number of imidazole rings is 1. The van der Waals surface area contributed by atoms with Crippen LogP contribution in [-0.4, -0.2) is 38.4 Å². The zero-order chi connectivity index (χ0) is 15.4. The number of carbonyl (C=O) groups excluding carboxylic acids is 1. The molecule has 0 aromatic carbocycles. The van der Waals surface area contributed by atoms with Crippen LogP contribution in [0.5, 0.6) is 5.88 Å². The number of carbonyl (C=O) groups is 1. The molecule has 0 bridgehead atoms. The smallest absolute Gasteiger partial charge is 0.271 e. The maximum absolute atomic E-state index is 12.1. The van der Waals surface area contributed by atoms with Gasteiger partial charge in [-0.2, -0.15) is 5.10 Å². The van der Waals surface area contributed by atoms with Crippen molar-refractivity contribution in [2.24, 2.45) is 0 Å². The summed E-state index contributed by atoms with van der Waals surface area (Å²) in [5.74, 6) is 1.61. The van der Waals surface area contributed by atoms with Crippen LogP contribution < -0.4 is 10.1 Å². The SMILES string of the molecule is CCc1nccn1CCCNC(=O)c1cc2n(n1)CCCO2. The minimum Gasteiger partial charge on any atom is -0.478 e. The van der Waals surface area contributed by atoms with E-state index in [0.29, 0.717) is 24.7 Å². The van der Waals surface area contributed by atoms with E-state index in [2.05, 4.69) is 26.9 Å². The molecule has 1 amide bonds. The first-order valence-corrected chi connectivity index (χ1v) is 7.77. The molecule has 3 rings (SSSR count). The highest BCUT2D eigenvalue weighted by Crippen LogP contribution is 2.18. The lowest BCUT2D eigenvalue weighted by molar-refractivity contribution is 0.0947. The highest BCUT2D eigenvalue weighted by Gasteiger charge is 2.17. The van der Waals surface area contributed by atoms with Crippen molar-refractivity contribution in [3.8, 4) is 5.88 Å². The Morgan fingerprint density at radius 3 is 3.23 bits per heavy atom. The maximum atomic E-state index is 12.1. The van der Waals surface area contributed by atoms with Gasteiger partial charge >= 0.3 is 0 Å². The summed E-state index contributed by atoms with van der Waals surface area (Å²) < 4.78 is 9.33. The Bertz CT molecular complexity index is 623. The molecule has 118 valence electrons. The van der Waals surface area contributed by atoms with Gasteiger partial charge in [0.15, 0.2) is 5.69 Å². The van der Waals surface area contributed by atoms with E-state index in [1.807, 2.05) is 12.4 Å². The molecule has 7 nitrogen and oxygen atoms in total. The average molecular weight is 303 g/mol. The molecule has 0 saturated heterocycles. The third-order valence-electron chi connectivity index (χ3n) is 3.72. The zero-order valence-corrected chi connectivity index (χ0v) is 12.8. The molecule has 1 aliphatic rings. The summed E-state index contributed by atoms with van der Waals surface area (Å²) in [6.07, 6.45) is 6.49. The molecule has 0 fully saturated rings. The number of nitrogens with zero attached hydrogens (tertiary/aromatic N) is 4. The molecule has 2 aromatic heterocycles. The Labute approximate surface area is 129 Å². The quantitative estimate of drug-likeness (QED) is 0.815. The number of amides is 1. The topological polar surface area (TPSA) is 74.0 Å². The molecule has 2 aromatic rings. The third-order valence-corrected chi connectivity index (χ3v) is 3.72. The molecule has 0 spiro atoms. The monoisotopic (exact) mass is 303 g/mol. The third kappa shape index (κ3) is 3.13. The predicted molar refractivity (Wildman–Crippen MR) is 80.9 cm³/mol. The number of hydrogen-bond donors (Lipinski definition) is 1. The lowest BCUT2D eigenvalue weighted by Gasteiger charge is -2.13. The Morgan fingerprint density at radius 2 is 2.41 bits per heavy atom. The van der Waals surface area contributed by atoms with Gasteiger partial charge in [-0.25, -0.2) is 9.67 Å². The van der Waals surface area contributed by atoms with E-state index in [0.717, 1.165) is 38.2 Å². The van der Waals surface area contributed by atoms with Gasteiger partial charge in [-0.05, 0) is 6.42 Å². The van der Waals surface area contributed by atoms with Crippen LogP contribution in [0.25, 0.3) is 0 Å². The molecule has 0 unspecified atom stereocenters. The molecule has 7 heteroatoms. The minimum atomic E-state index is -0.146. The van der Waals surface area contributed by atoms with Crippen LogP contribution in [0, 0.1) is 0 Å². The Kier molecular flexibility index (Phi) is 4.41. The van der Waals surface area contributed by atoms with Gasteiger partial charge in [0.25, 0.3) is 5.91 Å². The summed E-state index contributed by atoms with van der Waals surface area (Å²) in [5.41, 5.74) is 0.425. The van der Waals surface area contributed by atoms with Gasteiger partial charge in [-0.3, -0.25) is 4.79 Å². The summed E-state index contributed by atoms with van der Waals surface area (Å²) in [7, 11) is 0. The van der Waals surface area contributed by atoms with Gasteiger partial charge in [0.05, 0.1) is 6.61 Å². The standard InChI is InChI=1S/C15H21N5O2/c1-2-13-16-6-9-19(13)7-3-5-17-15(21)12-11-14-20(18-12)8-4-10-22-14/h6,9,11H,2-5,7-8,10H2,1H3,(H,17,21). The van der Waals surface area contributed by atoms with Crippen LogP contribution in [0.15, 0.2) is 18.5 Å². The van der Waals surface area contributed by atoms with Crippen LogP contribution >= 0.6 is 0 Å². The fraction of sp³-hybridized carbons (Fsp3) is 0.533. The summed E-state index contributed by atoms with van der Waals surface area (Å²) in [4.78, 5) is 16.4. The Hall–Kier alpha value is -2.31. The minimum absolute atomic E-state index is 0.146. The van der Waals surface area contributed by atoms with Gasteiger partial charge in [0.2, 0.25) is 5.88 Å². The lowest BCUT2D eigenvalue weighted by atomic mass is 10.3. The van der Waals surface area contributed by atoms with Crippen molar-refractivity contribution in [2.75, 3.05) is 13.2 Å². The fourth-order valence-corrected chi connectivity index (χ4v) is 2.58. The van der Waals surface area contributed by atoms with Crippen molar-refractivity contribution in [2.45, 2.75) is 39.3 Å². The van der Waals surface area contributed by atoms with E-state index in [4.69, 9.17) is 4.74 Å². The first-order valence-electron chi connectivity index (χ1n) is 7.77.